The second-order valence-corrected chi connectivity index (χ2v) is 12.8. The number of nitrogens with one attached hydrogen (secondary N) is 2. The minimum absolute atomic E-state index is 0.0143. The molecule has 4 aromatic rings. The van der Waals surface area contributed by atoms with Crippen LogP contribution in [0.3, 0.4) is 0 Å². The van der Waals surface area contributed by atoms with Crippen LogP contribution < -0.4 is 21.1 Å². The molecule has 1 aromatic heterocycles. The third kappa shape index (κ3) is 6.63. The van der Waals surface area contributed by atoms with Crippen LogP contribution in [0.15, 0.2) is 71.8 Å². The van der Waals surface area contributed by atoms with Crippen LogP contribution in [0.25, 0.3) is 10.8 Å². The number of hydrogen-bond acceptors (Lipinski definition) is 8. The van der Waals surface area contributed by atoms with E-state index in [1.807, 2.05) is 0 Å². The van der Waals surface area contributed by atoms with Gasteiger partial charge in [-0.25, -0.2) is 22.6 Å². The zero-order valence-corrected chi connectivity index (χ0v) is 25.6. The molecule has 2 heterocycles. The van der Waals surface area contributed by atoms with E-state index in [4.69, 9.17) is 10.5 Å². The number of rotatable bonds is 10. The molecule has 0 spiro atoms. The van der Waals surface area contributed by atoms with Crippen LogP contribution in [0.2, 0.25) is 0 Å². The number of benzene rings is 3. The summed E-state index contributed by atoms with van der Waals surface area (Å²) >= 11 is 0. The molecule has 0 aliphatic carbocycles. The molecule has 236 valence electrons. The van der Waals surface area contributed by atoms with E-state index < -0.39 is 39.7 Å². The van der Waals surface area contributed by atoms with E-state index in [0.29, 0.717) is 42.3 Å². The first-order valence-electron chi connectivity index (χ1n) is 14.5. The first kappa shape index (κ1) is 31.5. The van der Waals surface area contributed by atoms with Crippen molar-refractivity contribution in [3.8, 4) is 5.75 Å². The fourth-order valence-electron chi connectivity index (χ4n) is 5.70. The van der Waals surface area contributed by atoms with E-state index in [-0.39, 0.29) is 28.4 Å². The van der Waals surface area contributed by atoms with E-state index in [0.717, 1.165) is 10.8 Å². The van der Waals surface area contributed by atoms with Crippen molar-refractivity contribution in [3.63, 3.8) is 0 Å². The summed E-state index contributed by atoms with van der Waals surface area (Å²) in [6.45, 7) is 3.92. The van der Waals surface area contributed by atoms with Crippen LogP contribution in [0.4, 0.5) is 26.4 Å². The lowest BCUT2D eigenvalue weighted by atomic mass is 10.00. The van der Waals surface area contributed by atoms with Crippen LogP contribution in [0.5, 0.6) is 5.75 Å². The molecule has 0 bridgehead atoms. The van der Waals surface area contributed by atoms with Crippen molar-refractivity contribution in [1.29, 1.82) is 0 Å². The summed E-state index contributed by atoms with van der Waals surface area (Å²) in [5, 5.41) is 16.2. The van der Waals surface area contributed by atoms with E-state index >= 15 is 4.39 Å². The quantitative estimate of drug-likeness (QED) is 0.170. The average Bonchev–Trinajstić information content (AvgIpc) is 3.50. The average molecular weight is 636 g/mol. The van der Waals surface area contributed by atoms with Crippen molar-refractivity contribution < 1.29 is 32.2 Å². The first-order chi connectivity index (χ1) is 21.5. The van der Waals surface area contributed by atoms with E-state index in [1.54, 1.807) is 37.4 Å². The van der Waals surface area contributed by atoms with Gasteiger partial charge in [-0.15, -0.1) is 0 Å². The second kappa shape index (κ2) is 13.0. The highest BCUT2D eigenvalue weighted by molar-refractivity contribution is 7.91. The van der Waals surface area contributed by atoms with Gasteiger partial charge in [0.1, 0.15) is 23.4 Å². The lowest BCUT2D eigenvalue weighted by Gasteiger charge is -2.31. The SMILES string of the molecule is CCOc1ccc(F)c([C@@H](Nc2ccc3c(N)nccc3c2)C(=O)N2CCC[C@@H]2c2cc(NC(=O)O)ccc2S(=O)(=O)CC)c1. The Kier molecular flexibility index (Phi) is 9.09. The van der Waals surface area contributed by atoms with Gasteiger partial charge in [0.05, 0.1) is 23.3 Å². The molecule has 2 amide bonds. The Morgan fingerprint density at radius 2 is 1.89 bits per heavy atom. The third-order valence-electron chi connectivity index (χ3n) is 7.81. The van der Waals surface area contributed by atoms with Crippen LogP contribution in [0.1, 0.15) is 49.9 Å². The Balaban J connectivity index is 1.60. The van der Waals surface area contributed by atoms with Crippen molar-refractivity contribution in [2.24, 2.45) is 0 Å². The molecule has 3 aromatic carbocycles. The fraction of sp³-hybridized carbons (Fsp3) is 0.281. The number of carboxylic acid groups (broad SMARTS) is 1. The maximum Gasteiger partial charge on any atom is 0.409 e. The summed E-state index contributed by atoms with van der Waals surface area (Å²) in [5.74, 6) is -0.576. The third-order valence-corrected chi connectivity index (χ3v) is 9.62. The summed E-state index contributed by atoms with van der Waals surface area (Å²) < 4.78 is 47.4. The number of halogens is 1. The predicted octanol–water partition coefficient (Wildman–Crippen LogP) is 5.76. The van der Waals surface area contributed by atoms with Gasteiger partial charge in [0.25, 0.3) is 0 Å². The standard InChI is InChI=1S/C32H34FN5O6S/c1-3-44-22-9-11-26(33)24(18-22)29(36-20-7-10-23-19(16-20)13-14-35-30(23)34)31(39)38-15-5-6-27(38)25-17-21(37-32(40)41)8-12-28(25)45(42,43)4-2/h7-14,16-18,27,29,36-37H,3-6,15H2,1-2H3,(H2,34,35)(H,40,41)/t27-,29-/m1/s1. The van der Waals surface area contributed by atoms with Crippen molar-refractivity contribution in [2.75, 3.05) is 35.3 Å². The molecule has 1 aliphatic rings. The number of likely N-dealkylation sites (tertiary alicyclic amines) is 1. The number of nitrogens with zero attached hydrogens (tertiary/aromatic N) is 2. The summed E-state index contributed by atoms with van der Waals surface area (Å²) in [5.41, 5.74) is 7.05. The number of carbonyl (C=O) groups excluding carboxylic acids is 1. The molecule has 13 heteroatoms. The van der Waals surface area contributed by atoms with Crippen molar-refractivity contribution in [3.05, 3.63) is 83.8 Å². The molecule has 2 atom stereocenters. The lowest BCUT2D eigenvalue weighted by Crippen LogP contribution is -2.38. The minimum atomic E-state index is -3.75. The zero-order valence-electron chi connectivity index (χ0n) is 24.8. The van der Waals surface area contributed by atoms with Gasteiger partial charge in [-0.05, 0) is 91.4 Å². The van der Waals surface area contributed by atoms with Gasteiger partial charge >= 0.3 is 6.09 Å². The number of nitrogens with two attached hydrogens (primary N) is 1. The van der Waals surface area contributed by atoms with Gasteiger partial charge in [0.15, 0.2) is 9.84 Å². The molecule has 0 radical (unpaired) electrons. The Bertz CT molecular complexity index is 1870. The molecule has 0 saturated carbocycles. The van der Waals surface area contributed by atoms with Gasteiger partial charge in [-0.3, -0.25) is 10.1 Å². The topological polar surface area (TPSA) is 164 Å². The number of aromatic nitrogens is 1. The number of pyridine rings is 1. The maximum absolute atomic E-state index is 15.5. The first-order valence-corrected chi connectivity index (χ1v) is 16.2. The van der Waals surface area contributed by atoms with E-state index in [9.17, 15) is 23.1 Å². The summed E-state index contributed by atoms with van der Waals surface area (Å²) in [4.78, 5) is 31.6. The Morgan fingerprint density at radius 1 is 1.11 bits per heavy atom. The molecule has 1 aliphatic heterocycles. The predicted molar refractivity (Wildman–Crippen MR) is 170 cm³/mol. The van der Waals surface area contributed by atoms with Crippen LogP contribution in [-0.4, -0.2) is 54.3 Å². The van der Waals surface area contributed by atoms with E-state index in [1.165, 1.54) is 48.2 Å². The number of carbonyl (C=O) groups is 2. The van der Waals surface area contributed by atoms with Gasteiger partial charge < -0.3 is 25.8 Å². The number of fused-ring (bicyclic) bond motifs is 1. The highest BCUT2D eigenvalue weighted by Gasteiger charge is 2.38. The van der Waals surface area contributed by atoms with Gasteiger partial charge in [-0.1, -0.05) is 6.92 Å². The molecular weight excluding hydrogens is 601 g/mol. The molecule has 5 rings (SSSR count). The van der Waals surface area contributed by atoms with Crippen molar-refractivity contribution >= 4 is 49.8 Å². The molecular formula is C32H34FN5O6S. The number of hydrogen-bond donors (Lipinski definition) is 4. The number of nitrogen functional groups attached to an aromatic ring is 1. The highest BCUT2D eigenvalue weighted by Crippen LogP contribution is 2.40. The maximum atomic E-state index is 15.5. The van der Waals surface area contributed by atoms with Gasteiger partial charge in [0, 0.05) is 35.1 Å². The molecule has 0 unspecified atom stereocenters. The van der Waals surface area contributed by atoms with Crippen LogP contribution in [0, 0.1) is 5.82 Å². The second-order valence-electron chi connectivity index (χ2n) is 10.6. The molecule has 45 heavy (non-hydrogen) atoms. The molecule has 5 N–H and O–H groups in total. The summed E-state index contributed by atoms with van der Waals surface area (Å²) in [6, 6.07) is 13.5. The number of anilines is 3. The monoisotopic (exact) mass is 635 g/mol. The van der Waals surface area contributed by atoms with Gasteiger partial charge in [-0.2, -0.15) is 0 Å². The van der Waals surface area contributed by atoms with Crippen LogP contribution >= 0.6 is 0 Å². The van der Waals surface area contributed by atoms with Crippen molar-refractivity contribution in [2.45, 2.75) is 43.7 Å². The Hall–Kier alpha value is -4.91. The Morgan fingerprint density at radius 3 is 2.62 bits per heavy atom. The molecule has 1 saturated heterocycles. The number of ether oxygens (including phenoxy) is 1. The number of sulfone groups is 1. The Labute approximate surface area is 260 Å². The zero-order chi connectivity index (χ0) is 32.3. The van der Waals surface area contributed by atoms with Crippen LogP contribution in [-0.2, 0) is 14.6 Å². The molecule has 11 nitrogen and oxygen atoms in total. The smallest absolute Gasteiger partial charge is 0.409 e. The summed E-state index contributed by atoms with van der Waals surface area (Å²) in [6.07, 6.45) is 1.23. The highest BCUT2D eigenvalue weighted by atomic mass is 32.2. The van der Waals surface area contributed by atoms with Gasteiger partial charge in [0.2, 0.25) is 5.91 Å². The largest absolute Gasteiger partial charge is 0.494 e. The number of amides is 2. The summed E-state index contributed by atoms with van der Waals surface area (Å²) in [7, 11) is -3.75. The fourth-order valence-corrected chi connectivity index (χ4v) is 6.84. The molecule has 1 fully saturated rings. The van der Waals surface area contributed by atoms with Crippen molar-refractivity contribution in [1.82, 2.24) is 9.88 Å². The van der Waals surface area contributed by atoms with E-state index in [2.05, 4.69) is 15.6 Å². The lowest BCUT2D eigenvalue weighted by molar-refractivity contribution is -0.133. The minimum Gasteiger partial charge on any atom is -0.494 e. The normalized spacial score (nSPS) is 15.5.